The molecule has 0 fully saturated rings. The maximum atomic E-state index is 5.58. The molecule has 1 heteroatoms. The second-order valence-corrected chi connectivity index (χ2v) is 3.46. The third-order valence-electron chi connectivity index (χ3n) is 2.58. The quantitative estimate of drug-likeness (QED) is 0.728. The van der Waals surface area contributed by atoms with Gasteiger partial charge in [-0.3, -0.25) is 0 Å². The second-order valence-electron chi connectivity index (χ2n) is 3.46. The SMILES string of the molecule is NCCc1cccc2c1CCC=C2. The lowest BCUT2D eigenvalue weighted by Crippen LogP contribution is -2.07. The highest BCUT2D eigenvalue weighted by Gasteiger charge is 2.07. The smallest absolute Gasteiger partial charge is 0.00366 e. The molecule has 0 atom stereocenters. The molecule has 68 valence electrons. The van der Waals surface area contributed by atoms with Crippen molar-refractivity contribution in [3.63, 3.8) is 0 Å². The van der Waals surface area contributed by atoms with Gasteiger partial charge in [0, 0.05) is 0 Å². The van der Waals surface area contributed by atoms with Crippen LogP contribution in [-0.4, -0.2) is 6.54 Å². The molecule has 0 spiro atoms. The van der Waals surface area contributed by atoms with Gasteiger partial charge in [-0.2, -0.15) is 0 Å². The van der Waals surface area contributed by atoms with Gasteiger partial charge >= 0.3 is 0 Å². The lowest BCUT2D eigenvalue weighted by molar-refractivity contribution is 0.906. The number of hydrogen-bond acceptors (Lipinski definition) is 1. The first-order chi connectivity index (χ1) is 6.42. The zero-order valence-corrected chi connectivity index (χ0v) is 7.79. The van der Waals surface area contributed by atoms with Gasteiger partial charge in [0.25, 0.3) is 0 Å². The van der Waals surface area contributed by atoms with Crippen molar-refractivity contribution in [2.24, 2.45) is 5.73 Å². The van der Waals surface area contributed by atoms with Crippen molar-refractivity contribution in [1.29, 1.82) is 0 Å². The molecule has 1 aliphatic rings. The van der Waals surface area contributed by atoms with E-state index in [9.17, 15) is 0 Å². The van der Waals surface area contributed by atoms with E-state index in [1.165, 1.54) is 29.5 Å². The molecule has 1 aromatic carbocycles. The molecule has 0 saturated heterocycles. The van der Waals surface area contributed by atoms with Crippen molar-refractivity contribution in [2.45, 2.75) is 19.3 Å². The van der Waals surface area contributed by atoms with Crippen LogP contribution in [0, 0.1) is 0 Å². The third kappa shape index (κ3) is 1.65. The molecule has 0 aromatic heterocycles. The molecule has 2 N–H and O–H groups in total. The first kappa shape index (κ1) is 8.52. The van der Waals surface area contributed by atoms with Gasteiger partial charge in [-0.05, 0) is 42.5 Å². The van der Waals surface area contributed by atoms with Crippen LogP contribution in [0.4, 0.5) is 0 Å². The van der Waals surface area contributed by atoms with Crippen LogP contribution in [0.5, 0.6) is 0 Å². The van der Waals surface area contributed by atoms with Crippen LogP contribution in [0.25, 0.3) is 6.08 Å². The molecule has 0 heterocycles. The summed E-state index contributed by atoms with van der Waals surface area (Å²) in [5.74, 6) is 0. The molecular weight excluding hydrogens is 158 g/mol. The molecule has 1 aliphatic carbocycles. The fourth-order valence-electron chi connectivity index (χ4n) is 1.94. The summed E-state index contributed by atoms with van der Waals surface area (Å²) in [4.78, 5) is 0. The van der Waals surface area contributed by atoms with E-state index in [4.69, 9.17) is 5.73 Å². The minimum Gasteiger partial charge on any atom is -0.330 e. The Morgan fingerprint density at radius 1 is 1.31 bits per heavy atom. The molecule has 0 bridgehead atoms. The van der Waals surface area contributed by atoms with Gasteiger partial charge in [0.05, 0.1) is 0 Å². The number of benzene rings is 1. The molecule has 0 amide bonds. The third-order valence-corrected chi connectivity index (χ3v) is 2.58. The van der Waals surface area contributed by atoms with E-state index < -0.39 is 0 Å². The Balaban J connectivity index is 2.41. The zero-order chi connectivity index (χ0) is 9.10. The summed E-state index contributed by atoms with van der Waals surface area (Å²) >= 11 is 0. The van der Waals surface area contributed by atoms with Gasteiger partial charge in [-0.15, -0.1) is 0 Å². The molecule has 0 saturated carbocycles. The number of allylic oxidation sites excluding steroid dienone is 1. The van der Waals surface area contributed by atoms with Crippen molar-refractivity contribution in [1.82, 2.24) is 0 Å². The Hall–Kier alpha value is -1.08. The minimum absolute atomic E-state index is 0.750. The van der Waals surface area contributed by atoms with Crippen molar-refractivity contribution in [2.75, 3.05) is 6.54 Å². The maximum absolute atomic E-state index is 5.58. The summed E-state index contributed by atoms with van der Waals surface area (Å²) in [5, 5.41) is 0. The average Bonchev–Trinajstić information content (AvgIpc) is 2.19. The predicted octanol–water partition coefficient (Wildman–Crippen LogP) is 2.15. The molecule has 0 radical (unpaired) electrons. The molecule has 13 heavy (non-hydrogen) atoms. The molecule has 1 nitrogen and oxygen atoms in total. The Bertz CT molecular complexity index is 326. The summed E-state index contributed by atoms with van der Waals surface area (Å²) in [6.45, 7) is 0.750. The number of nitrogens with two attached hydrogens (primary N) is 1. The Morgan fingerprint density at radius 2 is 2.23 bits per heavy atom. The fourth-order valence-corrected chi connectivity index (χ4v) is 1.94. The lowest BCUT2D eigenvalue weighted by atomic mass is 9.91. The lowest BCUT2D eigenvalue weighted by Gasteiger charge is -2.14. The van der Waals surface area contributed by atoms with E-state index in [0.717, 1.165) is 13.0 Å². The van der Waals surface area contributed by atoms with E-state index in [2.05, 4.69) is 30.4 Å². The minimum atomic E-state index is 0.750. The molecular formula is C12H15N. The first-order valence-electron chi connectivity index (χ1n) is 4.89. The van der Waals surface area contributed by atoms with Crippen LogP contribution >= 0.6 is 0 Å². The topological polar surface area (TPSA) is 26.0 Å². The molecule has 0 aliphatic heterocycles. The number of hydrogen-bond donors (Lipinski definition) is 1. The fraction of sp³-hybridized carbons (Fsp3) is 0.333. The zero-order valence-electron chi connectivity index (χ0n) is 7.79. The first-order valence-corrected chi connectivity index (χ1v) is 4.89. The van der Waals surface area contributed by atoms with Crippen molar-refractivity contribution in [3.8, 4) is 0 Å². The van der Waals surface area contributed by atoms with Crippen LogP contribution < -0.4 is 5.73 Å². The monoisotopic (exact) mass is 173 g/mol. The predicted molar refractivity (Wildman–Crippen MR) is 56.6 cm³/mol. The highest BCUT2D eigenvalue weighted by Crippen LogP contribution is 2.22. The normalized spacial score (nSPS) is 14.2. The van der Waals surface area contributed by atoms with E-state index in [1.54, 1.807) is 0 Å². The summed E-state index contributed by atoms with van der Waals surface area (Å²) in [7, 11) is 0. The van der Waals surface area contributed by atoms with Crippen molar-refractivity contribution in [3.05, 3.63) is 41.0 Å². The second kappa shape index (κ2) is 3.75. The molecule has 0 unspecified atom stereocenters. The Morgan fingerprint density at radius 3 is 3.08 bits per heavy atom. The summed E-state index contributed by atoms with van der Waals surface area (Å²) in [6, 6.07) is 6.51. The van der Waals surface area contributed by atoms with Gasteiger partial charge in [0.2, 0.25) is 0 Å². The van der Waals surface area contributed by atoms with Crippen LogP contribution in [0.15, 0.2) is 24.3 Å². The van der Waals surface area contributed by atoms with E-state index in [0.29, 0.717) is 0 Å². The Labute approximate surface area is 79.3 Å². The van der Waals surface area contributed by atoms with Crippen LogP contribution in [-0.2, 0) is 12.8 Å². The molecule has 2 rings (SSSR count). The largest absolute Gasteiger partial charge is 0.330 e. The van der Waals surface area contributed by atoms with E-state index in [-0.39, 0.29) is 0 Å². The highest BCUT2D eigenvalue weighted by atomic mass is 14.5. The average molecular weight is 173 g/mol. The van der Waals surface area contributed by atoms with Crippen molar-refractivity contribution < 1.29 is 0 Å². The van der Waals surface area contributed by atoms with Gasteiger partial charge in [0.15, 0.2) is 0 Å². The van der Waals surface area contributed by atoms with Gasteiger partial charge < -0.3 is 5.73 Å². The standard InChI is InChI=1S/C12H15N/c13-9-8-11-6-3-5-10-4-1-2-7-12(10)11/h1,3-6H,2,7-9,13H2. The highest BCUT2D eigenvalue weighted by molar-refractivity contribution is 5.58. The number of rotatable bonds is 2. The van der Waals surface area contributed by atoms with E-state index >= 15 is 0 Å². The summed E-state index contributed by atoms with van der Waals surface area (Å²) < 4.78 is 0. The number of fused-ring (bicyclic) bond motifs is 1. The summed E-state index contributed by atoms with van der Waals surface area (Å²) in [5.41, 5.74) is 9.91. The Kier molecular flexibility index (Phi) is 2.46. The summed E-state index contributed by atoms with van der Waals surface area (Å²) in [6.07, 6.45) is 7.83. The van der Waals surface area contributed by atoms with Crippen molar-refractivity contribution >= 4 is 6.08 Å². The van der Waals surface area contributed by atoms with Crippen LogP contribution in [0.3, 0.4) is 0 Å². The van der Waals surface area contributed by atoms with Gasteiger partial charge in [-0.25, -0.2) is 0 Å². The van der Waals surface area contributed by atoms with Gasteiger partial charge in [-0.1, -0.05) is 30.4 Å². The maximum Gasteiger partial charge on any atom is -0.00366 e. The van der Waals surface area contributed by atoms with Crippen LogP contribution in [0.1, 0.15) is 23.1 Å². The molecule has 1 aromatic rings. The van der Waals surface area contributed by atoms with E-state index in [1.807, 2.05) is 0 Å². The van der Waals surface area contributed by atoms with Gasteiger partial charge in [0.1, 0.15) is 0 Å². The van der Waals surface area contributed by atoms with Crippen LogP contribution in [0.2, 0.25) is 0 Å².